The number of hydrogen-bond donors (Lipinski definition) is 2. The van der Waals surface area contributed by atoms with E-state index in [0.29, 0.717) is 0 Å². The van der Waals surface area contributed by atoms with Gasteiger partial charge in [-0.25, -0.2) is 13.6 Å². The molecule has 0 saturated carbocycles. The third-order valence-electron chi connectivity index (χ3n) is 4.00. The lowest BCUT2D eigenvalue weighted by Gasteiger charge is -2.16. The fourth-order valence-corrected chi connectivity index (χ4v) is 3.95. The lowest BCUT2D eigenvalue weighted by atomic mass is 10.0. The molecule has 0 spiro atoms. The van der Waals surface area contributed by atoms with E-state index in [0.717, 1.165) is 34.1 Å². The molecule has 6 nitrogen and oxygen atoms in total. The molecule has 3 N–H and O–H groups in total. The van der Waals surface area contributed by atoms with Crippen LogP contribution in [0.5, 0.6) is 5.75 Å². The number of nitrogens with one attached hydrogen (secondary N) is 1. The molecule has 0 heterocycles. The normalized spacial score (nSPS) is 11.3. The second-order valence-corrected chi connectivity index (χ2v) is 8.12. The SMILES string of the molecule is CCc1cc(Br)cc(CC)c1NC(=O)c1ccc(OC)c(S(N)(=O)=O)c1. The minimum atomic E-state index is -4.02. The molecule has 0 atom stereocenters. The van der Waals surface area contributed by atoms with Gasteiger partial charge in [-0.05, 0) is 54.3 Å². The van der Waals surface area contributed by atoms with Crippen LogP contribution < -0.4 is 15.2 Å². The lowest BCUT2D eigenvalue weighted by Crippen LogP contribution is -2.18. The summed E-state index contributed by atoms with van der Waals surface area (Å²) < 4.78 is 29.5. The molecule has 0 fully saturated rings. The summed E-state index contributed by atoms with van der Waals surface area (Å²) in [6, 6.07) is 8.05. The van der Waals surface area contributed by atoms with E-state index in [4.69, 9.17) is 9.88 Å². The molecule has 0 unspecified atom stereocenters. The molecule has 0 aliphatic rings. The van der Waals surface area contributed by atoms with Gasteiger partial charge in [0.25, 0.3) is 5.91 Å². The maximum atomic E-state index is 12.7. The highest BCUT2D eigenvalue weighted by atomic mass is 79.9. The number of anilines is 1. The Bertz CT molecular complexity index is 917. The van der Waals surface area contributed by atoms with E-state index in [-0.39, 0.29) is 16.2 Å². The van der Waals surface area contributed by atoms with Crippen LogP contribution in [-0.2, 0) is 22.9 Å². The number of ether oxygens (including phenoxy) is 1. The zero-order valence-electron chi connectivity index (χ0n) is 14.8. The Balaban J connectivity index is 2.46. The fourth-order valence-electron chi connectivity index (χ4n) is 2.67. The molecule has 0 aromatic heterocycles. The van der Waals surface area contributed by atoms with Crippen molar-refractivity contribution in [1.82, 2.24) is 0 Å². The Labute approximate surface area is 161 Å². The number of primary sulfonamides is 1. The zero-order valence-corrected chi connectivity index (χ0v) is 17.2. The average Bonchev–Trinajstić information content (AvgIpc) is 2.61. The number of hydrogen-bond acceptors (Lipinski definition) is 4. The highest BCUT2D eigenvalue weighted by molar-refractivity contribution is 9.10. The molecule has 2 rings (SSSR count). The minimum Gasteiger partial charge on any atom is -0.495 e. The topological polar surface area (TPSA) is 98.5 Å². The standard InChI is InChI=1S/C18H21BrN2O4S/c1-4-11-8-14(19)9-12(5-2)17(11)21-18(22)13-6-7-15(25-3)16(10-13)26(20,23)24/h6-10H,4-5H2,1-3H3,(H,21,22)(H2,20,23,24). The summed E-state index contributed by atoms with van der Waals surface area (Å²) in [4.78, 5) is 12.5. The molecule has 0 saturated heterocycles. The number of methoxy groups -OCH3 is 1. The van der Waals surface area contributed by atoms with Gasteiger partial charge < -0.3 is 10.1 Å². The van der Waals surface area contributed by atoms with Gasteiger partial charge in [-0.1, -0.05) is 29.8 Å². The van der Waals surface area contributed by atoms with Gasteiger partial charge in [-0.3, -0.25) is 4.79 Å². The van der Waals surface area contributed by atoms with E-state index in [2.05, 4.69) is 21.2 Å². The highest BCUT2D eigenvalue weighted by Gasteiger charge is 2.19. The fraction of sp³-hybridized carbons (Fsp3) is 0.278. The number of aryl methyl sites for hydroxylation is 2. The number of carbonyl (C=O) groups is 1. The summed E-state index contributed by atoms with van der Waals surface area (Å²) in [7, 11) is -2.68. The Morgan fingerprint density at radius 3 is 2.19 bits per heavy atom. The van der Waals surface area contributed by atoms with Crippen molar-refractivity contribution in [2.24, 2.45) is 5.14 Å². The lowest BCUT2D eigenvalue weighted by molar-refractivity contribution is 0.102. The Hall–Kier alpha value is -1.90. The first-order valence-corrected chi connectivity index (χ1v) is 10.4. The summed E-state index contributed by atoms with van der Waals surface area (Å²) in [6.07, 6.45) is 1.49. The number of sulfonamides is 1. The zero-order chi connectivity index (χ0) is 19.5. The van der Waals surface area contributed by atoms with E-state index in [1.165, 1.54) is 25.3 Å². The second-order valence-electron chi connectivity index (χ2n) is 5.67. The van der Waals surface area contributed by atoms with E-state index in [1.54, 1.807) is 0 Å². The van der Waals surface area contributed by atoms with Crippen molar-refractivity contribution in [3.63, 3.8) is 0 Å². The number of halogens is 1. The van der Waals surface area contributed by atoms with Gasteiger partial charge in [0.2, 0.25) is 10.0 Å². The number of rotatable bonds is 6. The Kier molecular flexibility index (Phi) is 6.44. The van der Waals surface area contributed by atoms with Crippen molar-refractivity contribution in [3.05, 3.63) is 51.5 Å². The van der Waals surface area contributed by atoms with E-state index >= 15 is 0 Å². The van der Waals surface area contributed by atoms with Crippen LogP contribution in [0.25, 0.3) is 0 Å². The first-order chi connectivity index (χ1) is 12.2. The van der Waals surface area contributed by atoms with Crippen molar-refractivity contribution >= 4 is 37.5 Å². The van der Waals surface area contributed by atoms with Crippen molar-refractivity contribution < 1.29 is 17.9 Å². The quantitative estimate of drug-likeness (QED) is 0.717. The molecule has 0 aliphatic heterocycles. The number of benzene rings is 2. The van der Waals surface area contributed by atoms with E-state index in [1.807, 2.05) is 26.0 Å². The molecule has 0 bridgehead atoms. The van der Waals surface area contributed by atoms with Crippen LogP contribution >= 0.6 is 15.9 Å². The maximum absolute atomic E-state index is 12.7. The summed E-state index contributed by atoms with van der Waals surface area (Å²) in [5, 5.41) is 8.12. The number of nitrogens with two attached hydrogens (primary N) is 1. The molecule has 2 aromatic carbocycles. The summed E-state index contributed by atoms with van der Waals surface area (Å²) in [5.74, 6) is -0.319. The van der Waals surface area contributed by atoms with Gasteiger partial charge in [0, 0.05) is 15.7 Å². The van der Waals surface area contributed by atoms with Crippen molar-refractivity contribution in [2.75, 3.05) is 12.4 Å². The van der Waals surface area contributed by atoms with Gasteiger partial charge in [-0.2, -0.15) is 0 Å². The van der Waals surface area contributed by atoms with Gasteiger partial charge in [0.15, 0.2) is 0 Å². The van der Waals surface area contributed by atoms with Gasteiger partial charge in [-0.15, -0.1) is 0 Å². The first kappa shape index (κ1) is 20.4. The third kappa shape index (κ3) is 4.44. The summed E-state index contributed by atoms with van der Waals surface area (Å²) in [6.45, 7) is 4.01. The van der Waals surface area contributed by atoms with Gasteiger partial charge in [0.1, 0.15) is 10.6 Å². The second kappa shape index (κ2) is 8.20. The molecule has 8 heteroatoms. The third-order valence-corrected chi connectivity index (χ3v) is 5.39. The largest absolute Gasteiger partial charge is 0.495 e. The van der Waals surface area contributed by atoms with E-state index < -0.39 is 15.9 Å². The molecule has 140 valence electrons. The monoisotopic (exact) mass is 440 g/mol. The van der Waals surface area contributed by atoms with Crippen LogP contribution in [-0.4, -0.2) is 21.4 Å². The van der Waals surface area contributed by atoms with Crippen LogP contribution in [0.1, 0.15) is 35.3 Å². The molecular formula is C18H21BrN2O4S. The number of amides is 1. The molecule has 1 amide bonds. The summed E-state index contributed by atoms with van der Waals surface area (Å²) >= 11 is 3.48. The van der Waals surface area contributed by atoms with E-state index in [9.17, 15) is 13.2 Å². The predicted molar refractivity (Wildman–Crippen MR) is 105 cm³/mol. The molecule has 0 radical (unpaired) electrons. The number of carbonyl (C=O) groups excluding carboxylic acids is 1. The van der Waals surface area contributed by atoms with Crippen molar-refractivity contribution in [2.45, 2.75) is 31.6 Å². The molecular weight excluding hydrogens is 420 g/mol. The van der Waals surface area contributed by atoms with Crippen LogP contribution in [0, 0.1) is 0 Å². The van der Waals surface area contributed by atoms with Crippen LogP contribution in [0.4, 0.5) is 5.69 Å². The molecule has 0 aliphatic carbocycles. The van der Waals surface area contributed by atoms with Crippen molar-refractivity contribution in [3.8, 4) is 5.75 Å². The minimum absolute atomic E-state index is 0.0937. The molecule has 26 heavy (non-hydrogen) atoms. The first-order valence-electron chi connectivity index (χ1n) is 8.04. The molecule has 2 aromatic rings. The Morgan fingerprint density at radius 2 is 1.73 bits per heavy atom. The van der Waals surface area contributed by atoms with Crippen molar-refractivity contribution in [1.29, 1.82) is 0 Å². The van der Waals surface area contributed by atoms with Crippen LogP contribution in [0.15, 0.2) is 39.7 Å². The Morgan fingerprint density at radius 1 is 1.15 bits per heavy atom. The summed E-state index contributed by atoms with van der Waals surface area (Å²) in [5.41, 5.74) is 2.91. The van der Waals surface area contributed by atoms with Gasteiger partial charge >= 0.3 is 0 Å². The van der Waals surface area contributed by atoms with Crippen LogP contribution in [0.2, 0.25) is 0 Å². The average molecular weight is 441 g/mol. The highest BCUT2D eigenvalue weighted by Crippen LogP contribution is 2.29. The smallest absolute Gasteiger partial charge is 0.255 e. The maximum Gasteiger partial charge on any atom is 0.255 e. The predicted octanol–water partition coefficient (Wildman–Crippen LogP) is 3.48. The van der Waals surface area contributed by atoms with Gasteiger partial charge in [0.05, 0.1) is 7.11 Å². The van der Waals surface area contributed by atoms with Crippen LogP contribution in [0.3, 0.4) is 0 Å².